The largest absolute Gasteiger partial charge is 0.376 e. The van der Waals surface area contributed by atoms with Crippen LogP contribution in [-0.2, 0) is 24.3 Å². The smallest absolute Gasteiger partial charge is 0.243 e. The van der Waals surface area contributed by atoms with Gasteiger partial charge in [-0.15, -0.1) is 0 Å². The molecule has 3 rings (SSSR count). The van der Waals surface area contributed by atoms with E-state index in [2.05, 4.69) is 10.0 Å². The number of hydrogen-bond acceptors (Lipinski definition) is 5. The first kappa shape index (κ1) is 24.7. The van der Waals surface area contributed by atoms with Gasteiger partial charge in [0.1, 0.15) is 6.04 Å². The average Bonchev–Trinajstić information content (AvgIpc) is 3.46. The van der Waals surface area contributed by atoms with Crippen molar-refractivity contribution in [3.05, 3.63) is 30.3 Å². The minimum Gasteiger partial charge on any atom is -0.376 e. The molecule has 1 saturated carbocycles. The first-order valence-corrected chi connectivity index (χ1v) is 13.0. The second-order valence-corrected chi connectivity index (χ2v) is 10.8. The molecule has 1 aromatic rings. The van der Waals surface area contributed by atoms with E-state index in [0.29, 0.717) is 6.61 Å². The zero-order chi connectivity index (χ0) is 23.1. The van der Waals surface area contributed by atoms with E-state index < -0.39 is 28.5 Å². The van der Waals surface area contributed by atoms with Crippen LogP contribution in [-0.4, -0.2) is 63.0 Å². The monoisotopic (exact) mass is 465 g/mol. The third-order valence-electron chi connectivity index (χ3n) is 6.15. The van der Waals surface area contributed by atoms with Crippen molar-refractivity contribution < 1.29 is 22.7 Å². The summed E-state index contributed by atoms with van der Waals surface area (Å²) in [5, 5.41) is 3.11. The number of sulfonamides is 1. The van der Waals surface area contributed by atoms with Crippen molar-refractivity contribution in [3.8, 4) is 0 Å². The molecular weight excluding hydrogens is 430 g/mol. The van der Waals surface area contributed by atoms with Crippen LogP contribution in [0.2, 0.25) is 0 Å². The highest BCUT2D eigenvalue weighted by atomic mass is 32.2. The summed E-state index contributed by atoms with van der Waals surface area (Å²) in [6.07, 6.45) is 5.67. The highest BCUT2D eigenvalue weighted by Gasteiger charge is 2.36. The van der Waals surface area contributed by atoms with Crippen LogP contribution in [0, 0.1) is 5.92 Å². The molecule has 2 amide bonds. The van der Waals surface area contributed by atoms with Crippen LogP contribution in [0.25, 0.3) is 0 Å². The summed E-state index contributed by atoms with van der Waals surface area (Å²) in [5.74, 6) is -0.739. The first-order chi connectivity index (χ1) is 15.3. The van der Waals surface area contributed by atoms with Crippen molar-refractivity contribution in [3.63, 3.8) is 0 Å². The van der Waals surface area contributed by atoms with Gasteiger partial charge >= 0.3 is 0 Å². The van der Waals surface area contributed by atoms with E-state index in [9.17, 15) is 18.0 Å². The Morgan fingerprint density at radius 3 is 2.38 bits per heavy atom. The van der Waals surface area contributed by atoms with E-state index in [4.69, 9.17) is 4.74 Å². The van der Waals surface area contributed by atoms with E-state index >= 15 is 0 Å². The average molecular weight is 466 g/mol. The van der Waals surface area contributed by atoms with E-state index in [1.165, 1.54) is 17.0 Å². The lowest BCUT2D eigenvalue weighted by Crippen LogP contribution is -2.57. The number of carbonyl (C=O) groups excluding carboxylic acids is 2. The molecule has 1 aromatic carbocycles. The maximum absolute atomic E-state index is 13.3. The summed E-state index contributed by atoms with van der Waals surface area (Å²) >= 11 is 0. The Bertz CT molecular complexity index is 863. The molecule has 32 heavy (non-hydrogen) atoms. The predicted molar refractivity (Wildman–Crippen MR) is 121 cm³/mol. The summed E-state index contributed by atoms with van der Waals surface area (Å²) in [4.78, 5) is 28.1. The van der Waals surface area contributed by atoms with Crippen molar-refractivity contribution in [2.45, 2.75) is 75.5 Å². The van der Waals surface area contributed by atoms with Crippen LogP contribution in [0.4, 0.5) is 0 Å². The third-order valence-corrected chi connectivity index (χ3v) is 7.57. The quantitative estimate of drug-likeness (QED) is 0.550. The standard InChI is InChI=1S/C23H35N3O5S/c1-17(2)22(23(28)25-18-9-6-7-10-18)26(16-19-11-8-14-31-19)21(27)15-24-32(29,30)20-12-4-3-5-13-20/h3-5,12-13,17-19,22,24H,6-11,14-16H2,1-2H3,(H,25,28)/t19-,22+/m1/s1. The van der Waals surface area contributed by atoms with Gasteiger partial charge in [0.15, 0.2) is 0 Å². The number of carbonyl (C=O) groups is 2. The van der Waals surface area contributed by atoms with E-state index in [-0.39, 0.29) is 35.4 Å². The Morgan fingerprint density at radius 2 is 1.78 bits per heavy atom. The van der Waals surface area contributed by atoms with E-state index in [1.54, 1.807) is 18.2 Å². The van der Waals surface area contributed by atoms with Crippen molar-refractivity contribution >= 4 is 21.8 Å². The SMILES string of the molecule is CC(C)[C@@H](C(=O)NC1CCCC1)N(C[C@H]1CCCO1)C(=O)CNS(=O)(=O)c1ccccc1. The molecule has 1 aliphatic heterocycles. The Hall–Kier alpha value is -1.97. The highest BCUT2D eigenvalue weighted by Crippen LogP contribution is 2.21. The fraction of sp³-hybridized carbons (Fsp3) is 0.652. The molecule has 1 aliphatic carbocycles. The van der Waals surface area contributed by atoms with Crippen LogP contribution < -0.4 is 10.0 Å². The molecule has 2 aliphatic rings. The number of rotatable bonds is 10. The molecule has 9 heteroatoms. The van der Waals surface area contributed by atoms with Crippen molar-refractivity contribution in [1.82, 2.24) is 14.9 Å². The molecule has 0 unspecified atom stereocenters. The number of amides is 2. The van der Waals surface area contributed by atoms with Gasteiger partial charge in [0.05, 0.1) is 17.5 Å². The van der Waals surface area contributed by atoms with E-state index in [0.717, 1.165) is 38.5 Å². The first-order valence-electron chi connectivity index (χ1n) is 11.5. The molecule has 0 aromatic heterocycles. The fourth-order valence-electron chi connectivity index (χ4n) is 4.48. The van der Waals surface area contributed by atoms with Gasteiger partial charge in [-0.05, 0) is 43.7 Å². The second-order valence-electron chi connectivity index (χ2n) is 9.00. The van der Waals surface area contributed by atoms with Crippen LogP contribution in [0.15, 0.2) is 35.2 Å². The van der Waals surface area contributed by atoms with Crippen molar-refractivity contribution in [1.29, 1.82) is 0 Å². The lowest BCUT2D eigenvalue weighted by atomic mass is 9.99. The fourth-order valence-corrected chi connectivity index (χ4v) is 5.48. The zero-order valence-electron chi connectivity index (χ0n) is 19.0. The number of hydrogen-bond donors (Lipinski definition) is 2. The number of ether oxygens (including phenoxy) is 1. The Balaban J connectivity index is 1.74. The van der Waals surface area contributed by atoms with Gasteiger partial charge in [0.25, 0.3) is 0 Å². The molecule has 0 spiro atoms. The summed E-state index contributed by atoms with van der Waals surface area (Å²) in [5.41, 5.74) is 0. The van der Waals surface area contributed by atoms with Gasteiger partial charge in [-0.1, -0.05) is 44.9 Å². The van der Waals surface area contributed by atoms with Gasteiger partial charge in [0, 0.05) is 19.2 Å². The molecule has 2 N–H and O–H groups in total. The van der Waals surface area contributed by atoms with Crippen molar-refractivity contribution in [2.24, 2.45) is 5.92 Å². The normalized spacial score (nSPS) is 20.4. The summed E-state index contributed by atoms with van der Waals surface area (Å²) in [6, 6.07) is 7.38. The molecule has 1 heterocycles. The molecule has 1 saturated heterocycles. The summed E-state index contributed by atoms with van der Waals surface area (Å²) < 4.78 is 33.3. The second kappa shape index (κ2) is 11.2. The Kier molecular flexibility index (Phi) is 8.67. The minimum absolute atomic E-state index is 0.0952. The topological polar surface area (TPSA) is 105 Å². The Labute approximate surface area is 191 Å². The van der Waals surface area contributed by atoms with Crippen LogP contribution in [0.5, 0.6) is 0 Å². The maximum Gasteiger partial charge on any atom is 0.243 e. The number of benzene rings is 1. The lowest BCUT2D eigenvalue weighted by molar-refractivity contribution is -0.143. The van der Waals surface area contributed by atoms with Gasteiger partial charge in [-0.3, -0.25) is 9.59 Å². The number of nitrogens with zero attached hydrogens (tertiary/aromatic N) is 1. The van der Waals surface area contributed by atoms with Crippen molar-refractivity contribution in [2.75, 3.05) is 19.7 Å². The highest BCUT2D eigenvalue weighted by molar-refractivity contribution is 7.89. The van der Waals surface area contributed by atoms with Gasteiger partial charge in [-0.25, -0.2) is 13.1 Å². The van der Waals surface area contributed by atoms with Gasteiger partial charge < -0.3 is 15.0 Å². The van der Waals surface area contributed by atoms with Gasteiger partial charge in [-0.2, -0.15) is 0 Å². The molecule has 2 fully saturated rings. The molecule has 0 bridgehead atoms. The summed E-state index contributed by atoms with van der Waals surface area (Å²) in [7, 11) is -3.83. The maximum atomic E-state index is 13.3. The molecule has 178 valence electrons. The minimum atomic E-state index is -3.83. The number of nitrogens with one attached hydrogen (secondary N) is 2. The zero-order valence-corrected chi connectivity index (χ0v) is 19.8. The summed E-state index contributed by atoms with van der Waals surface area (Å²) in [6.45, 7) is 4.30. The third kappa shape index (κ3) is 6.52. The van der Waals surface area contributed by atoms with Crippen LogP contribution in [0.3, 0.4) is 0 Å². The van der Waals surface area contributed by atoms with Crippen LogP contribution in [0.1, 0.15) is 52.4 Å². The van der Waals surface area contributed by atoms with E-state index in [1.807, 2.05) is 13.8 Å². The molecular formula is C23H35N3O5S. The Morgan fingerprint density at radius 1 is 1.09 bits per heavy atom. The molecule has 2 atom stereocenters. The van der Waals surface area contributed by atoms with Crippen LogP contribution >= 0.6 is 0 Å². The predicted octanol–water partition coefficient (Wildman–Crippen LogP) is 2.06. The van der Waals surface area contributed by atoms with Gasteiger partial charge in [0.2, 0.25) is 21.8 Å². The lowest BCUT2D eigenvalue weighted by Gasteiger charge is -2.35. The molecule has 0 radical (unpaired) electrons. The molecule has 8 nitrogen and oxygen atoms in total.